The van der Waals surface area contributed by atoms with Crippen LogP contribution in [0.25, 0.3) is 0 Å². The summed E-state index contributed by atoms with van der Waals surface area (Å²) in [5, 5.41) is 5.02. The lowest BCUT2D eigenvalue weighted by molar-refractivity contribution is -0.136. The molecule has 0 aromatic heterocycles. The van der Waals surface area contributed by atoms with Crippen molar-refractivity contribution in [3.63, 3.8) is 0 Å². The highest BCUT2D eigenvalue weighted by molar-refractivity contribution is 6.05. The Labute approximate surface area is 174 Å². The van der Waals surface area contributed by atoms with Gasteiger partial charge in [-0.1, -0.05) is 0 Å². The molecule has 0 aliphatic carbocycles. The van der Waals surface area contributed by atoms with E-state index in [0.717, 1.165) is 11.1 Å². The number of rotatable bonds is 3. The molecule has 2 N–H and O–H groups in total. The van der Waals surface area contributed by atoms with Crippen LogP contribution >= 0.6 is 0 Å². The molecule has 4 rings (SSSR count). The molecule has 1 saturated heterocycles. The van der Waals surface area contributed by atoms with E-state index in [1.54, 1.807) is 26.8 Å². The van der Waals surface area contributed by atoms with Gasteiger partial charge >= 0.3 is 6.09 Å². The van der Waals surface area contributed by atoms with Crippen LogP contribution in [0.3, 0.4) is 0 Å². The van der Waals surface area contributed by atoms with Crippen molar-refractivity contribution in [3.05, 3.63) is 28.3 Å². The van der Waals surface area contributed by atoms with Gasteiger partial charge in [-0.3, -0.25) is 19.7 Å². The number of alkyl carbamates (subject to hydrolysis) is 1. The summed E-state index contributed by atoms with van der Waals surface area (Å²) in [4.78, 5) is 50.4. The lowest BCUT2D eigenvalue weighted by Gasteiger charge is -2.29. The van der Waals surface area contributed by atoms with Crippen molar-refractivity contribution in [3.8, 4) is 5.75 Å². The van der Waals surface area contributed by atoms with Crippen molar-refractivity contribution < 1.29 is 28.7 Å². The van der Waals surface area contributed by atoms with Crippen LogP contribution in [-0.2, 0) is 33.8 Å². The van der Waals surface area contributed by atoms with Gasteiger partial charge in [0.05, 0.1) is 6.61 Å². The van der Waals surface area contributed by atoms with Crippen LogP contribution in [0.4, 0.5) is 4.79 Å². The summed E-state index contributed by atoms with van der Waals surface area (Å²) in [6, 6.07) is 1.06. The molecule has 9 heteroatoms. The van der Waals surface area contributed by atoms with Gasteiger partial charge in [0.15, 0.2) is 0 Å². The molecule has 1 fully saturated rings. The number of fused-ring (bicyclic) bond motifs is 3. The second-order valence-electron chi connectivity index (χ2n) is 8.72. The first-order valence-corrected chi connectivity index (χ1v) is 10.1. The van der Waals surface area contributed by atoms with Gasteiger partial charge in [-0.15, -0.1) is 0 Å². The van der Waals surface area contributed by atoms with Crippen LogP contribution in [0.1, 0.15) is 60.7 Å². The summed E-state index contributed by atoms with van der Waals surface area (Å²) in [5.74, 6) is -0.312. The standard InChI is InChI=1S/C21H25N3O6/c1-21(2,3)30-20(28)22-9-11-8-13-14(12-6-7-29-17(11)12)10-24(19(13)27)15-4-5-16(25)23-18(15)26/h8,15H,4-7,9-10H2,1-3H3,(H,22,28)(H,23,25,26). The smallest absolute Gasteiger partial charge is 0.407 e. The molecule has 0 saturated carbocycles. The number of hydrogen-bond donors (Lipinski definition) is 2. The Hall–Kier alpha value is -3.10. The Balaban J connectivity index is 1.57. The fraction of sp³-hybridized carbons (Fsp3) is 0.524. The maximum Gasteiger partial charge on any atom is 0.407 e. The number of piperidine rings is 1. The monoisotopic (exact) mass is 415 g/mol. The van der Waals surface area contributed by atoms with E-state index in [9.17, 15) is 19.2 Å². The maximum absolute atomic E-state index is 13.1. The Bertz CT molecular complexity index is 949. The molecular weight excluding hydrogens is 390 g/mol. The Morgan fingerprint density at radius 1 is 1.27 bits per heavy atom. The second-order valence-corrected chi connectivity index (χ2v) is 8.72. The van der Waals surface area contributed by atoms with E-state index >= 15 is 0 Å². The number of hydrogen-bond acceptors (Lipinski definition) is 6. The minimum atomic E-state index is -0.663. The highest BCUT2D eigenvalue weighted by Crippen LogP contribution is 2.40. The largest absolute Gasteiger partial charge is 0.493 e. The van der Waals surface area contributed by atoms with Crippen molar-refractivity contribution in [1.82, 2.24) is 15.5 Å². The van der Waals surface area contributed by atoms with Crippen LogP contribution in [0, 0.1) is 0 Å². The molecule has 9 nitrogen and oxygen atoms in total. The predicted molar refractivity (Wildman–Crippen MR) is 105 cm³/mol. The third-order valence-corrected chi connectivity index (χ3v) is 5.40. The highest BCUT2D eigenvalue weighted by Gasteiger charge is 2.41. The Kier molecular flexibility index (Phi) is 4.91. The summed E-state index contributed by atoms with van der Waals surface area (Å²) in [6.45, 7) is 6.32. The van der Waals surface area contributed by atoms with E-state index in [-0.39, 0.29) is 24.8 Å². The van der Waals surface area contributed by atoms with Gasteiger partial charge in [0, 0.05) is 42.6 Å². The molecule has 4 amide bonds. The third-order valence-electron chi connectivity index (χ3n) is 5.40. The number of amides is 4. The van der Waals surface area contributed by atoms with Crippen LogP contribution in [0.2, 0.25) is 0 Å². The maximum atomic E-state index is 13.1. The molecule has 3 aliphatic rings. The topological polar surface area (TPSA) is 114 Å². The zero-order valence-electron chi connectivity index (χ0n) is 17.3. The molecule has 3 heterocycles. The summed E-state index contributed by atoms with van der Waals surface area (Å²) in [6.07, 6.45) is 0.638. The molecule has 30 heavy (non-hydrogen) atoms. The molecule has 1 aromatic carbocycles. The normalized spacial score (nSPS) is 20.4. The van der Waals surface area contributed by atoms with Crippen molar-refractivity contribution >= 4 is 23.8 Å². The number of ether oxygens (including phenoxy) is 2. The van der Waals surface area contributed by atoms with Crippen molar-refractivity contribution in [2.45, 2.75) is 64.8 Å². The molecule has 0 radical (unpaired) electrons. The molecule has 1 unspecified atom stereocenters. The van der Waals surface area contributed by atoms with E-state index in [1.807, 2.05) is 0 Å². The summed E-state index contributed by atoms with van der Waals surface area (Å²) >= 11 is 0. The van der Waals surface area contributed by atoms with Crippen LogP contribution in [-0.4, -0.2) is 47.0 Å². The number of carbonyl (C=O) groups is 4. The van der Waals surface area contributed by atoms with E-state index in [2.05, 4.69) is 10.6 Å². The minimum absolute atomic E-state index is 0.163. The minimum Gasteiger partial charge on any atom is -0.493 e. The summed E-state index contributed by atoms with van der Waals surface area (Å²) in [7, 11) is 0. The van der Waals surface area contributed by atoms with Crippen molar-refractivity contribution in [2.24, 2.45) is 0 Å². The molecule has 0 bridgehead atoms. The van der Waals surface area contributed by atoms with E-state index in [1.165, 1.54) is 4.90 Å². The Morgan fingerprint density at radius 2 is 2.03 bits per heavy atom. The zero-order chi connectivity index (χ0) is 21.6. The SMILES string of the molecule is CC(C)(C)OC(=O)NCc1cc2c(c3c1OCC3)CN(C1CCC(=O)NC1=O)C2=O. The fourth-order valence-electron chi connectivity index (χ4n) is 4.13. The van der Waals surface area contributed by atoms with Gasteiger partial charge in [0.2, 0.25) is 11.8 Å². The molecular formula is C21H25N3O6. The van der Waals surface area contributed by atoms with Gasteiger partial charge in [-0.05, 0) is 38.8 Å². The number of nitrogens with one attached hydrogen (secondary N) is 2. The first kappa shape index (κ1) is 20.2. The van der Waals surface area contributed by atoms with E-state index < -0.39 is 23.6 Å². The highest BCUT2D eigenvalue weighted by atomic mass is 16.6. The van der Waals surface area contributed by atoms with Gasteiger partial charge < -0.3 is 19.7 Å². The number of benzene rings is 1. The number of nitrogens with zero attached hydrogens (tertiary/aromatic N) is 1. The quantitative estimate of drug-likeness (QED) is 0.722. The van der Waals surface area contributed by atoms with Crippen LogP contribution < -0.4 is 15.4 Å². The van der Waals surface area contributed by atoms with Gasteiger partial charge in [-0.25, -0.2) is 4.79 Å². The van der Waals surface area contributed by atoms with E-state index in [4.69, 9.17) is 9.47 Å². The lowest BCUT2D eigenvalue weighted by Crippen LogP contribution is -2.52. The second kappa shape index (κ2) is 7.30. The zero-order valence-corrected chi connectivity index (χ0v) is 17.3. The third kappa shape index (κ3) is 3.71. The molecule has 160 valence electrons. The van der Waals surface area contributed by atoms with Crippen molar-refractivity contribution in [2.75, 3.05) is 6.61 Å². The van der Waals surface area contributed by atoms with Gasteiger partial charge in [0.1, 0.15) is 17.4 Å². The number of imide groups is 1. The van der Waals surface area contributed by atoms with Gasteiger partial charge in [-0.2, -0.15) is 0 Å². The van der Waals surface area contributed by atoms with Crippen LogP contribution in [0.15, 0.2) is 6.07 Å². The average Bonchev–Trinajstić information content (AvgIpc) is 3.24. The first-order valence-electron chi connectivity index (χ1n) is 10.1. The lowest BCUT2D eigenvalue weighted by atomic mass is 9.97. The average molecular weight is 415 g/mol. The molecule has 1 aromatic rings. The van der Waals surface area contributed by atoms with Gasteiger partial charge in [0.25, 0.3) is 5.91 Å². The van der Waals surface area contributed by atoms with Crippen molar-refractivity contribution in [1.29, 1.82) is 0 Å². The van der Waals surface area contributed by atoms with Crippen LogP contribution in [0.5, 0.6) is 5.75 Å². The predicted octanol–water partition coefficient (Wildman–Crippen LogP) is 1.41. The molecule has 1 atom stereocenters. The fourth-order valence-corrected chi connectivity index (χ4v) is 4.13. The van der Waals surface area contributed by atoms with E-state index in [0.29, 0.717) is 42.9 Å². The Morgan fingerprint density at radius 3 is 2.73 bits per heavy atom. The first-order chi connectivity index (χ1) is 14.1. The summed E-state index contributed by atoms with van der Waals surface area (Å²) in [5.41, 5.74) is 2.41. The number of carbonyl (C=O) groups excluding carboxylic acids is 4. The molecule has 3 aliphatic heterocycles. The molecule has 0 spiro atoms. The summed E-state index contributed by atoms with van der Waals surface area (Å²) < 4.78 is 11.1.